The van der Waals surface area contributed by atoms with Crippen LogP contribution in [-0.2, 0) is 4.79 Å². The summed E-state index contributed by atoms with van der Waals surface area (Å²) in [6.45, 7) is 3.75. The standard InChI is InChI=1S/C9H18N2O3/c1-3-5-7(9(12)13)8(10)6(4-2)11(5)14/h5-8,14H,3-4,10H2,1-2H3,(H,12,13). The molecule has 0 aliphatic carbocycles. The van der Waals surface area contributed by atoms with E-state index < -0.39 is 17.9 Å². The van der Waals surface area contributed by atoms with Crippen molar-refractivity contribution in [3.05, 3.63) is 0 Å². The second kappa shape index (κ2) is 4.25. The number of carbonyl (C=O) groups is 1. The maximum absolute atomic E-state index is 11.0. The predicted molar refractivity (Wildman–Crippen MR) is 50.9 cm³/mol. The highest BCUT2D eigenvalue weighted by Crippen LogP contribution is 2.31. The van der Waals surface area contributed by atoms with Crippen molar-refractivity contribution in [1.29, 1.82) is 0 Å². The third-order valence-corrected chi connectivity index (χ3v) is 3.07. The first-order chi connectivity index (χ1) is 6.54. The Balaban J connectivity index is 2.89. The minimum atomic E-state index is -0.917. The van der Waals surface area contributed by atoms with E-state index in [9.17, 15) is 10.0 Å². The average Bonchev–Trinajstić information content (AvgIpc) is 2.37. The van der Waals surface area contributed by atoms with Crippen molar-refractivity contribution in [2.75, 3.05) is 0 Å². The molecule has 1 saturated heterocycles. The van der Waals surface area contributed by atoms with Crippen molar-refractivity contribution >= 4 is 5.97 Å². The molecule has 4 unspecified atom stereocenters. The van der Waals surface area contributed by atoms with E-state index in [1.165, 1.54) is 0 Å². The number of hydrogen-bond donors (Lipinski definition) is 3. The molecule has 14 heavy (non-hydrogen) atoms. The van der Waals surface area contributed by atoms with Crippen molar-refractivity contribution < 1.29 is 15.1 Å². The zero-order valence-electron chi connectivity index (χ0n) is 8.55. The van der Waals surface area contributed by atoms with Gasteiger partial charge in [-0.2, -0.15) is 5.06 Å². The van der Waals surface area contributed by atoms with Crippen LogP contribution in [0, 0.1) is 5.92 Å². The zero-order valence-corrected chi connectivity index (χ0v) is 8.55. The number of carboxylic acid groups (broad SMARTS) is 1. The normalized spacial score (nSPS) is 38.9. The fourth-order valence-electron chi connectivity index (χ4n) is 2.31. The maximum Gasteiger partial charge on any atom is 0.309 e. The molecule has 1 fully saturated rings. The highest BCUT2D eigenvalue weighted by Gasteiger charge is 2.48. The van der Waals surface area contributed by atoms with E-state index in [1.807, 2.05) is 13.8 Å². The lowest BCUT2D eigenvalue weighted by atomic mass is 9.92. The van der Waals surface area contributed by atoms with Crippen LogP contribution in [0.3, 0.4) is 0 Å². The molecule has 1 aliphatic rings. The molecule has 5 heteroatoms. The Hall–Kier alpha value is -0.650. The molecular formula is C9H18N2O3. The van der Waals surface area contributed by atoms with Gasteiger partial charge in [0.15, 0.2) is 0 Å². The van der Waals surface area contributed by atoms with Crippen LogP contribution >= 0.6 is 0 Å². The van der Waals surface area contributed by atoms with E-state index >= 15 is 0 Å². The molecule has 1 rings (SSSR count). The number of aliphatic carboxylic acids is 1. The van der Waals surface area contributed by atoms with Crippen LogP contribution in [0.2, 0.25) is 0 Å². The summed E-state index contributed by atoms with van der Waals surface area (Å²) in [5.41, 5.74) is 5.81. The van der Waals surface area contributed by atoms with Gasteiger partial charge in [0.2, 0.25) is 0 Å². The van der Waals surface area contributed by atoms with E-state index in [4.69, 9.17) is 10.8 Å². The molecule has 4 atom stereocenters. The quantitative estimate of drug-likeness (QED) is 0.611. The molecule has 1 heterocycles. The summed E-state index contributed by atoms with van der Waals surface area (Å²) >= 11 is 0. The molecule has 0 aromatic rings. The molecular weight excluding hydrogens is 184 g/mol. The van der Waals surface area contributed by atoms with Gasteiger partial charge in [-0.25, -0.2) is 0 Å². The van der Waals surface area contributed by atoms with Crippen LogP contribution in [0.25, 0.3) is 0 Å². The van der Waals surface area contributed by atoms with Gasteiger partial charge in [-0.05, 0) is 12.8 Å². The highest BCUT2D eigenvalue weighted by molar-refractivity contribution is 5.72. The SMILES string of the molecule is CCC1C(N)C(C(=O)O)C(CC)N1O. The van der Waals surface area contributed by atoms with Gasteiger partial charge in [0.1, 0.15) is 0 Å². The number of nitrogens with two attached hydrogens (primary N) is 1. The highest BCUT2D eigenvalue weighted by atomic mass is 16.5. The van der Waals surface area contributed by atoms with Crippen molar-refractivity contribution in [2.24, 2.45) is 11.7 Å². The summed E-state index contributed by atoms with van der Waals surface area (Å²) in [6, 6.07) is -1.07. The molecule has 5 nitrogen and oxygen atoms in total. The Morgan fingerprint density at radius 3 is 2.14 bits per heavy atom. The Kier molecular flexibility index (Phi) is 3.47. The van der Waals surface area contributed by atoms with E-state index in [2.05, 4.69) is 0 Å². The summed E-state index contributed by atoms with van der Waals surface area (Å²) in [4.78, 5) is 11.0. The summed E-state index contributed by atoms with van der Waals surface area (Å²) in [5, 5.41) is 19.9. The number of hydroxylamine groups is 2. The van der Waals surface area contributed by atoms with Crippen LogP contribution in [0.1, 0.15) is 26.7 Å². The first-order valence-electron chi connectivity index (χ1n) is 5.00. The third-order valence-electron chi connectivity index (χ3n) is 3.07. The Morgan fingerprint density at radius 2 is 1.86 bits per heavy atom. The van der Waals surface area contributed by atoms with Gasteiger partial charge in [0.05, 0.1) is 12.0 Å². The molecule has 0 radical (unpaired) electrons. The van der Waals surface area contributed by atoms with Crippen LogP contribution in [0.4, 0.5) is 0 Å². The van der Waals surface area contributed by atoms with Gasteiger partial charge >= 0.3 is 5.97 Å². The number of carboxylic acids is 1. The van der Waals surface area contributed by atoms with E-state index in [-0.39, 0.29) is 12.1 Å². The average molecular weight is 202 g/mol. The molecule has 0 saturated carbocycles. The van der Waals surface area contributed by atoms with Gasteiger partial charge < -0.3 is 16.0 Å². The van der Waals surface area contributed by atoms with Crippen LogP contribution < -0.4 is 5.73 Å². The van der Waals surface area contributed by atoms with Crippen molar-refractivity contribution in [2.45, 2.75) is 44.8 Å². The summed E-state index contributed by atoms with van der Waals surface area (Å²) in [7, 11) is 0. The first-order valence-corrected chi connectivity index (χ1v) is 5.00. The molecule has 4 N–H and O–H groups in total. The topological polar surface area (TPSA) is 86.8 Å². The fourth-order valence-corrected chi connectivity index (χ4v) is 2.31. The molecule has 0 aromatic heterocycles. The van der Waals surface area contributed by atoms with Crippen molar-refractivity contribution in [3.63, 3.8) is 0 Å². The van der Waals surface area contributed by atoms with Gasteiger partial charge in [-0.3, -0.25) is 4.79 Å². The summed E-state index contributed by atoms with van der Waals surface area (Å²) in [6.07, 6.45) is 1.26. The lowest BCUT2D eigenvalue weighted by Gasteiger charge is -2.22. The lowest BCUT2D eigenvalue weighted by Crippen LogP contribution is -2.41. The molecule has 0 bridgehead atoms. The van der Waals surface area contributed by atoms with Crippen LogP contribution in [-0.4, -0.2) is 39.5 Å². The number of nitrogens with zero attached hydrogens (tertiary/aromatic N) is 1. The Bertz CT molecular complexity index is 222. The first kappa shape index (κ1) is 11.4. The Labute approximate surface area is 83.5 Å². The second-order valence-electron chi connectivity index (χ2n) is 3.77. The minimum absolute atomic E-state index is 0.235. The molecule has 0 spiro atoms. The minimum Gasteiger partial charge on any atom is -0.481 e. The monoisotopic (exact) mass is 202 g/mol. The zero-order chi connectivity index (χ0) is 10.9. The van der Waals surface area contributed by atoms with Crippen LogP contribution in [0.15, 0.2) is 0 Å². The van der Waals surface area contributed by atoms with Crippen LogP contribution in [0.5, 0.6) is 0 Å². The van der Waals surface area contributed by atoms with E-state index in [1.54, 1.807) is 0 Å². The van der Waals surface area contributed by atoms with Gasteiger partial charge in [-0.15, -0.1) is 0 Å². The van der Waals surface area contributed by atoms with E-state index in [0.29, 0.717) is 12.8 Å². The van der Waals surface area contributed by atoms with Crippen molar-refractivity contribution in [3.8, 4) is 0 Å². The smallest absolute Gasteiger partial charge is 0.309 e. The lowest BCUT2D eigenvalue weighted by molar-refractivity contribution is -0.154. The van der Waals surface area contributed by atoms with Crippen molar-refractivity contribution in [1.82, 2.24) is 5.06 Å². The number of hydrogen-bond acceptors (Lipinski definition) is 4. The summed E-state index contributed by atoms with van der Waals surface area (Å²) in [5.74, 6) is -1.57. The molecule has 1 aliphatic heterocycles. The second-order valence-corrected chi connectivity index (χ2v) is 3.77. The molecule has 0 aromatic carbocycles. The van der Waals surface area contributed by atoms with Gasteiger partial charge in [0.25, 0.3) is 0 Å². The number of rotatable bonds is 3. The van der Waals surface area contributed by atoms with Gasteiger partial charge in [-0.1, -0.05) is 13.8 Å². The molecule has 82 valence electrons. The fraction of sp³-hybridized carbons (Fsp3) is 0.889. The predicted octanol–water partition coefficient (Wildman–Crippen LogP) is 0.277. The summed E-state index contributed by atoms with van der Waals surface area (Å²) < 4.78 is 0. The third kappa shape index (κ3) is 1.63. The van der Waals surface area contributed by atoms with E-state index in [0.717, 1.165) is 5.06 Å². The molecule has 0 amide bonds. The largest absolute Gasteiger partial charge is 0.481 e. The Morgan fingerprint density at radius 1 is 1.36 bits per heavy atom. The van der Waals surface area contributed by atoms with Gasteiger partial charge in [0, 0.05) is 12.1 Å². The maximum atomic E-state index is 11.0.